The van der Waals surface area contributed by atoms with Gasteiger partial charge in [0.15, 0.2) is 5.60 Å². The van der Waals surface area contributed by atoms with Crippen LogP contribution in [0.2, 0.25) is 0 Å². The normalized spacial score (nSPS) is 13.6. The average Bonchev–Trinajstić information content (AvgIpc) is 3.45. The highest BCUT2D eigenvalue weighted by Crippen LogP contribution is 2.57. The Bertz CT molecular complexity index is 2010. The molecule has 12 heteroatoms. The maximum Gasteiger partial charge on any atom is 0.411 e. The van der Waals surface area contributed by atoms with E-state index in [-0.39, 0.29) is 53.3 Å². The number of benzene rings is 3. The van der Waals surface area contributed by atoms with Gasteiger partial charge in [-0.1, -0.05) is 68.0 Å². The number of rotatable bonds is 18. The second-order valence-electron chi connectivity index (χ2n) is 13.3. The van der Waals surface area contributed by atoms with Crippen molar-refractivity contribution in [1.82, 2.24) is 5.32 Å². The maximum atomic E-state index is 13.5. The Kier molecular flexibility index (Phi) is 15.0. The summed E-state index contributed by atoms with van der Waals surface area (Å²) in [5.74, 6) is -0.916. The largest absolute Gasteiger partial charge is 0.456 e. The van der Waals surface area contributed by atoms with Crippen LogP contribution >= 0.6 is 0 Å². The third kappa shape index (κ3) is 11.3. The number of nitrogens with one attached hydrogen (secondary N) is 2. The SMILES string of the molecule is CCCC=CCC=CCC=CCC=CCCCC(=O)NCCOC(=O)Nc1ccc2c(c1)C(=O)OC21c2ccc(OC(C)=O)cc2Oc2cc(OC(C)=O)ccc21. The first-order valence-electron chi connectivity index (χ1n) is 19.1. The summed E-state index contributed by atoms with van der Waals surface area (Å²) in [6.07, 6.45) is 23.3. The van der Waals surface area contributed by atoms with Crippen molar-refractivity contribution in [3.63, 3.8) is 0 Å². The van der Waals surface area contributed by atoms with E-state index in [1.54, 1.807) is 36.4 Å². The molecular formula is C45H48N2O10. The third-order valence-corrected chi connectivity index (χ3v) is 8.89. The van der Waals surface area contributed by atoms with Crippen LogP contribution in [0.4, 0.5) is 10.5 Å². The number of amides is 2. The molecule has 3 aromatic carbocycles. The minimum atomic E-state index is -1.48. The number of esters is 3. The van der Waals surface area contributed by atoms with Crippen molar-refractivity contribution >= 4 is 35.6 Å². The Morgan fingerprint density at radius 3 is 1.86 bits per heavy atom. The van der Waals surface area contributed by atoms with Gasteiger partial charge in [0.2, 0.25) is 5.91 Å². The summed E-state index contributed by atoms with van der Waals surface area (Å²) in [6.45, 7) is 4.81. The van der Waals surface area contributed by atoms with Crippen molar-refractivity contribution in [2.24, 2.45) is 0 Å². The van der Waals surface area contributed by atoms with E-state index in [0.717, 1.165) is 32.1 Å². The standard InChI is InChI=1S/C45H48N2O10/c1-4-5-6-7-8-9-10-11-12-13-14-15-16-17-18-19-42(50)46-26-27-53-44(52)47-33-20-23-37-36(28-33)43(51)57-45(37)38-24-21-34(54-31(2)48)29-40(38)56-41-30-35(55-32(3)49)22-25-39(41)45/h6-7,9-10,12-13,15-16,20-25,28-30H,4-5,8,11,14,17-19,26-27H2,1-3H3,(H,46,50)(H,47,52). The van der Waals surface area contributed by atoms with Crippen molar-refractivity contribution in [2.75, 3.05) is 18.5 Å². The van der Waals surface area contributed by atoms with Gasteiger partial charge in [-0.2, -0.15) is 0 Å². The fourth-order valence-corrected chi connectivity index (χ4v) is 6.40. The molecule has 2 heterocycles. The minimum absolute atomic E-state index is 0.0527. The quantitative estimate of drug-likeness (QED) is 0.0553. The molecule has 0 radical (unpaired) electrons. The number of carbonyl (C=O) groups excluding carboxylic acids is 5. The van der Waals surface area contributed by atoms with E-state index < -0.39 is 29.6 Å². The van der Waals surface area contributed by atoms with Crippen LogP contribution in [0, 0.1) is 0 Å². The zero-order valence-corrected chi connectivity index (χ0v) is 32.5. The minimum Gasteiger partial charge on any atom is -0.456 e. The monoisotopic (exact) mass is 776 g/mol. The van der Waals surface area contributed by atoms with Crippen molar-refractivity contribution in [3.05, 3.63) is 125 Å². The summed E-state index contributed by atoms with van der Waals surface area (Å²) >= 11 is 0. The van der Waals surface area contributed by atoms with Crippen molar-refractivity contribution in [1.29, 1.82) is 0 Å². The van der Waals surface area contributed by atoms with Gasteiger partial charge >= 0.3 is 24.0 Å². The molecule has 2 amide bonds. The topological polar surface area (TPSA) is 156 Å². The molecule has 57 heavy (non-hydrogen) atoms. The molecule has 2 N–H and O–H groups in total. The molecule has 0 unspecified atom stereocenters. The Labute approximate surface area is 332 Å². The van der Waals surface area contributed by atoms with Crippen LogP contribution < -0.4 is 24.8 Å². The van der Waals surface area contributed by atoms with E-state index in [2.05, 4.69) is 66.2 Å². The number of hydrogen-bond donors (Lipinski definition) is 2. The summed E-state index contributed by atoms with van der Waals surface area (Å²) in [6, 6.07) is 14.2. The summed E-state index contributed by atoms with van der Waals surface area (Å²) in [4.78, 5) is 61.7. The molecule has 3 aromatic rings. The smallest absolute Gasteiger partial charge is 0.411 e. The number of carbonyl (C=O) groups is 5. The lowest BCUT2D eigenvalue weighted by Crippen LogP contribution is -2.33. The zero-order chi connectivity index (χ0) is 40.6. The Morgan fingerprint density at radius 2 is 1.28 bits per heavy atom. The first-order valence-corrected chi connectivity index (χ1v) is 19.1. The molecule has 5 rings (SSSR count). The first kappa shape index (κ1) is 41.7. The fourth-order valence-electron chi connectivity index (χ4n) is 6.40. The molecule has 0 fully saturated rings. The first-order chi connectivity index (χ1) is 27.6. The van der Waals surface area contributed by atoms with Gasteiger partial charge in [-0.25, -0.2) is 9.59 Å². The highest BCUT2D eigenvalue weighted by molar-refractivity contribution is 5.99. The molecule has 1 spiro atoms. The molecule has 0 atom stereocenters. The number of anilines is 1. The Balaban J connectivity index is 1.11. The van der Waals surface area contributed by atoms with E-state index in [1.807, 2.05) is 0 Å². The number of hydrogen-bond acceptors (Lipinski definition) is 10. The Morgan fingerprint density at radius 1 is 0.719 bits per heavy atom. The second-order valence-corrected chi connectivity index (χ2v) is 13.3. The van der Waals surface area contributed by atoms with Crippen molar-refractivity contribution in [3.8, 4) is 23.0 Å². The van der Waals surface area contributed by atoms with Crippen LogP contribution in [0.25, 0.3) is 0 Å². The van der Waals surface area contributed by atoms with E-state index in [1.165, 1.54) is 38.5 Å². The number of ether oxygens (including phenoxy) is 5. The lowest BCUT2D eigenvalue weighted by molar-refractivity contribution is -0.132. The number of fused-ring (bicyclic) bond motifs is 6. The molecule has 0 bridgehead atoms. The maximum absolute atomic E-state index is 13.5. The average molecular weight is 777 g/mol. The summed E-state index contributed by atoms with van der Waals surface area (Å²) in [7, 11) is 0. The van der Waals surface area contributed by atoms with Gasteiger partial charge in [-0.05, 0) is 74.9 Å². The van der Waals surface area contributed by atoms with Gasteiger partial charge in [-0.15, -0.1) is 0 Å². The van der Waals surface area contributed by atoms with Crippen LogP contribution in [-0.2, 0) is 29.5 Å². The van der Waals surface area contributed by atoms with Crippen LogP contribution in [0.1, 0.15) is 99.2 Å². The van der Waals surface area contributed by atoms with E-state index in [9.17, 15) is 24.0 Å². The molecule has 0 saturated heterocycles. The lowest BCUT2D eigenvalue weighted by atomic mass is 9.77. The highest BCUT2D eigenvalue weighted by atomic mass is 16.6. The van der Waals surface area contributed by atoms with Gasteiger partial charge in [0, 0.05) is 54.8 Å². The molecule has 298 valence electrons. The molecule has 2 aliphatic rings. The van der Waals surface area contributed by atoms with Gasteiger partial charge in [-0.3, -0.25) is 19.7 Å². The van der Waals surface area contributed by atoms with E-state index >= 15 is 0 Å². The Hall–Kier alpha value is -6.43. The van der Waals surface area contributed by atoms with Crippen LogP contribution in [0.15, 0.2) is 103 Å². The molecule has 2 aliphatic heterocycles. The van der Waals surface area contributed by atoms with Crippen LogP contribution in [0.3, 0.4) is 0 Å². The van der Waals surface area contributed by atoms with Gasteiger partial charge in [0.1, 0.15) is 29.6 Å². The van der Waals surface area contributed by atoms with E-state index in [4.69, 9.17) is 23.7 Å². The number of unbranched alkanes of at least 4 members (excludes halogenated alkanes) is 2. The van der Waals surface area contributed by atoms with E-state index in [0.29, 0.717) is 29.5 Å². The van der Waals surface area contributed by atoms with Crippen molar-refractivity contribution in [2.45, 2.75) is 77.7 Å². The van der Waals surface area contributed by atoms with Crippen molar-refractivity contribution < 1.29 is 47.7 Å². The predicted octanol–water partition coefficient (Wildman–Crippen LogP) is 9.14. The third-order valence-electron chi connectivity index (χ3n) is 8.89. The zero-order valence-electron chi connectivity index (χ0n) is 32.5. The summed E-state index contributed by atoms with van der Waals surface area (Å²) in [5.41, 5.74) is 0.388. The number of allylic oxidation sites excluding steroid dienone is 8. The molecule has 0 aliphatic carbocycles. The summed E-state index contributed by atoms with van der Waals surface area (Å²) in [5, 5.41) is 5.38. The van der Waals surface area contributed by atoms with Gasteiger partial charge < -0.3 is 29.0 Å². The molecule has 0 aromatic heterocycles. The molecule has 0 saturated carbocycles. The second kappa shape index (κ2) is 20.5. The van der Waals surface area contributed by atoms with Crippen LogP contribution in [-0.4, -0.2) is 43.1 Å². The lowest BCUT2D eigenvalue weighted by Gasteiger charge is -2.36. The molecule has 12 nitrogen and oxygen atoms in total. The molecular weight excluding hydrogens is 728 g/mol. The highest BCUT2D eigenvalue weighted by Gasteiger charge is 2.53. The van der Waals surface area contributed by atoms with Gasteiger partial charge in [0.25, 0.3) is 0 Å². The predicted molar refractivity (Wildman–Crippen MR) is 214 cm³/mol. The van der Waals surface area contributed by atoms with Crippen LogP contribution in [0.5, 0.6) is 23.0 Å². The van der Waals surface area contributed by atoms with Gasteiger partial charge in [0.05, 0.1) is 12.1 Å². The fraction of sp³-hybridized carbons (Fsp3) is 0.311. The summed E-state index contributed by atoms with van der Waals surface area (Å²) < 4.78 is 28.1.